The maximum atomic E-state index is 5.47. The summed E-state index contributed by atoms with van der Waals surface area (Å²) in [5.41, 5.74) is 3.48. The quantitative estimate of drug-likeness (QED) is 0.785. The molecule has 1 aliphatic heterocycles. The Labute approximate surface area is 150 Å². The maximum absolute atomic E-state index is 5.47. The molecule has 1 saturated heterocycles. The monoisotopic (exact) mass is 338 g/mol. The van der Waals surface area contributed by atoms with Crippen molar-refractivity contribution in [2.45, 2.75) is 0 Å². The third kappa shape index (κ3) is 4.24. The molecule has 2 aromatic rings. The van der Waals surface area contributed by atoms with Crippen molar-refractivity contribution in [3.05, 3.63) is 54.1 Å². The summed E-state index contributed by atoms with van der Waals surface area (Å²) in [5.74, 6) is 0.931. The summed E-state index contributed by atoms with van der Waals surface area (Å²) in [6.07, 6.45) is 1.94. The predicted molar refractivity (Wildman–Crippen MR) is 105 cm³/mol. The molecule has 25 heavy (non-hydrogen) atoms. The first kappa shape index (κ1) is 17.1. The third-order valence-corrected chi connectivity index (χ3v) is 4.46. The van der Waals surface area contributed by atoms with Crippen molar-refractivity contribution in [2.24, 2.45) is 5.10 Å². The molecule has 5 heteroatoms. The first-order chi connectivity index (χ1) is 12.2. The van der Waals surface area contributed by atoms with Gasteiger partial charge in [-0.2, -0.15) is 5.10 Å². The van der Waals surface area contributed by atoms with Crippen LogP contribution in [0.25, 0.3) is 0 Å². The van der Waals surface area contributed by atoms with E-state index in [0.29, 0.717) is 0 Å². The maximum Gasteiger partial charge on any atom is 0.142 e. The van der Waals surface area contributed by atoms with Crippen LogP contribution in [0.2, 0.25) is 0 Å². The first-order valence-electron chi connectivity index (χ1n) is 8.61. The molecule has 0 spiro atoms. The van der Waals surface area contributed by atoms with Crippen molar-refractivity contribution in [3.63, 3.8) is 0 Å². The van der Waals surface area contributed by atoms with Crippen LogP contribution in [0.1, 0.15) is 5.56 Å². The van der Waals surface area contributed by atoms with Crippen molar-refractivity contribution >= 4 is 17.6 Å². The van der Waals surface area contributed by atoms with Gasteiger partial charge in [0.2, 0.25) is 0 Å². The van der Waals surface area contributed by atoms with E-state index in [0.717, 1.165) is 43.2 Å². The van der Waals surface area contributed by atoms with Crippen molar-refractivity contribution in [1.82, 2.24) is 5.01 Å². The largest absolute Gasteiger partial charge is 0.495 e. The Morgan fingerprint density at radius 2 is 1.64 bits per heavy atom. The number of rotatable bonds is 5. The molecule has 3 rings (SSSR count). The molecule has 132 valence electrons. The zero-order chi connectivity index (χ0) is 17.6. The minimum absolute atomic E-state index is 0.907. The Kier molecular flexibility index (Phi) is 5.43. The number of hydrogen-bond acceptors (Lipinski definition) is 5. The summed E-state index contributed by atoms with van der Waals surface area (Å²) in [6.45, 7) is 3.70. The highest BCUT2D eigenvalue weighted by atomic mass is 16.5. The van der Waals surface area contributed by atoms with Crippen LogP contribution in [0.15, 0.2) is 53.6 Å². The highest BCUT2D eigenvalue weighted by Gasteiger charge is 2.18. The van der Waals surface area contributed by atoms with Crippen molar-refractivity contribution in [3.8, 4) is 5.75 Å². The topological polar surface area (TPSA) is 31.3 Å². The average molecular weight is 338 g/mol. The summed E-state index contributed by atoms with van der Waals surface area (Å²) in [6, 6.07) is 16.6. The van der Waals surface area contributed by atoms with Crippen molar-refractivity contribution < 1.29 is 4.74 Å². The van der Waals surface area contributed by atoms with Crippen molar-refractivity contribution in [2.75, 3.05) is 57.2 Å². The van der Waals surface area contributed by atoms with E-state index in [9.17, 15) is 0 Å². The molecule has 0 unspecified atom stereocenters. The molecule has 2 aromatic carbocycles. The van der Waals surface area contributed by atoms with Gasteiger partial charge < -0.3 is 14.5 Å². The lowest BCUT2D eigenvalue weighted by Gasteiger charge is -2.35. The van der Waals surface area contributed by atoms with Gasteiger partial charge in [-0.25, -0.2) is 0 Å². The summed E-state index contributed by atoms with van der Waals surface area (Å²) >= 11 is 0. The number of piperazine rings is 1. The molecule has 0 N–H and O–H groups in total. The van der Waals surface area contributed by atoms with Gasteiger partial charge in [0.05, 0.1) is 32.1 Å². The van der Waals surface area contributed by atoms with E-state index in [1.54, 1.807) is 7.11 Å². The predicted octanol–water partition coefficient (Wildman–Crippen LogP) is 2.92. The molecule has 0 aromatic heterocycles. The van der Waals surface area contributed by atoms with Gasteiger partial charge in [0.25, 0.3) is 0 Å². The Balaban J connectivity index is 1.57. The van der Waals surface area contributed by atoms with Gasteiger partial charge in [0, 0.05) is 32.9 Å². The number of hydrogen-bond donors (Lipinski definition) is 0. The van der Waals surface area contributed by atoms with E-state index in [1.165, 1.54) is 5.69 Å². The molecule has 0 radical (unpaired) electrons. The van der Waals surface area contributed by atoms with Gasteiger partial charge in [0.15, 0.2) is 0 Å². The minimum atomic E-state index is 0.907. The molecule has 0 amide bonds. The van der Waals surface area contributed by atoms with Gasteiger partial charge >= 0.3 is 0 Å². The van der Waals surface area contributed by atoms with Gasteiger partial charge in [-0.15, -0.1) is 0 Å². The second kappa shape index (κ2) is 7.92. The fourth-order valence-electron chi connectivity index (χ4n) is 2.95. The number of methoxy groups -OCH3 is 1. The number of hydrazone groups is 1. The van der Waals surface area contributed by atoms with Crippen molar-refractivity contribution in [1.29, 1.82) is 0 Å². The number of para-hydroxylation sites is 2. The normalized spacial score (nSPS) is 14.8. The van der Waals surface area contributed by atoms with Crippen LogP contribution < -0.4 is 14.5 Å². The molecule has 0 bridgehead atoms. The van der Waals surface area contributed by atoms with Crippen LogP contribution in [0.3, 0.4) is 0 Å². The Morgan fingerprint density at radius 3 is 2.28 bits per heavy atom. The lowest BCUT2D eigenvalue weighted by atomic mass is 10.2. The van der Waals surface area contributed by atoms with Crippen LogP contribution >= 0.6 is 0 Å². The van der Waals surface area contributed by atoms with Gasteiger partial charge in [-0.05, 0) is 29.8 Å². The van der Waals surface area contributed by atoms with E-state index in [4.69, 9.17) is 4.74 Å². The van der Waals surface area contributed by atoms with Crippen LogP contribution in [0, 0.1) is 0 Å². The van der Waals surface area contributed by atoms with E-state index >= 15 is 0 Å². The number of benzene rings is 2. The summed E-state index contributed by atoms with van der Waals surface area (Å²) in [5, 5.41) is 6.77. The fraction of sp³-hybridized carbons (Fsp3) is 0.350. The van der Waals surface area contributed by atoms with Crippen LogP contribution in [0.5, 0.6) is 5.75 Å². The molecular weight excluding hydrogens is 312 g/mol. The molecule has 0 saturated carbocycles. The summed E-state index contributed by atoms with van der Waals surface area (Å²) in [4.78, 5) is 4.45. The molecule has 0 aliphatic carbocycles. The van der Waals surface area contributed by atoms with Gasteiger partial charge in [-0.3, -0.25) is 5.01 Å². The highest BCUT2D eigenvalue weighted by molar-refractivity contribution is 5.80. The zero-order valence-electron chi connectivity index (χ0n) is 15.2. The number of anilines is 2. The van der Waals surface area contributed by atoms with Gasteiger partial charge in [-0.1, -0.05) is 24.3 Å². The third-order valence-electron chi connectivity index (χ3n) is 4.46. The van der Waals surface area contributed by atoms with Crippen LogP contribution in [0.4, 0.5) is 11.4 Å². The van der Waals surface area contributed by atoms with Crippen LogP contribution in [-0.2, 0) is 0 Å². The summed E-state index contributed by atoms with van der Waals surface area (Å²) < 4.78 is 5.47. The second-order valence-corrected chi connectivity index (χ2v) is 6.34. The highest BCUT2D eigenvalue weighted by Crippen LogP contribution is 2.28. The number of nitrogens with zero attached hydrogens (tertiary/aromatic N) is 4. The first-order valence-corrected chi connectivity index (χ1v) is 8.61. The average Bonchev–Trinajstić information content (AvgIpc) is 2.67. The van der Waals surface area contributed by atoms with Crippen LogP contribution in [-0.4, -0.2) is 58.6 Å². The molecule has 1 fully saturated rings. The molecular formula is C20H26N4O. The zero-order valence-corrected chi connectivity index (χ0v) is 15.2. The second-order valence-electron chi connectivity index (χ2n) is 6.34. The van der Waals surface area contributed by atoms with E-state index in [1.807, 2.05) is 32.4 Å². The standard InChI is InChI=1S/C20H26N4O/c1-22(2)18-10-8-17(9-11-18)16-21-24-14-12-23(13-15-24)19-6-4-5-7-20(19)25-3/h4-11,16H,12-15H2,1-3H3. The van der Waals surface area contributed by atoms with E-state index in [2.05, 4.69) is 56.3 Å². The van der Waals surface area contributed by atoms with Gasteiger partial charge in [0.1, 0.15) is 5.75 Å². The SMILES string of the molecule is COc1ccccc1N1CCN(N=Cc2ccc(N(C)C)cc2)CC1. The Bertz CT molecular complexity index is 704. The smallest absolute Gasteiger partial charge is 0.142 e. The van der Waals surface area contributed by atoms with E-state index in [-0.39, 0.29) is 0 Å². The fourth-order valence-corrected chi connectivity index (χ4v) is 2.95. The van der Waals surface area contributed by atoms with E-state index < -0.39 is 0 Å². The molecule has 1 aliphatic rings. The Hall–Kier alpha value is -2.69. The Morgan fingerprint density at radius 1 is 0.960 bits per heavy atom. The molecule has 5 nitrogen and oxygen atoms in total. The lowest BCUT2D eigenvalue weighted by Crippen LogP contribution is -2.44. The number of ether oxygens (including phenoxy) is 1. The lowest BCUT2D eigenvalue weighted by molar-refractivity contribution is 0.271. The molecule has 1 heterocycles. The minimum Gasteiger partial charge on any atom is -0.495 e. The molecule has 0 atom stereocenters. The summed E-state index contributed by atoms with van der Waals surface area (Å²) in [7, 11) is 5.82.